The molecule has 0 unspecified atom stereocenters. The molecule has 0 fully saturated rings. The molecule has 0 N–H and O–H groups in total. The Hall–Kier alpha value is -1.09. The van der Waals surface area contributed by atoms with E-state index in [1.165, 1.54) is 0 Å². The summed E-state index contributed by atoms with van der Waals surface area (Å²) in [6, 6.07) is 3.61. The van der Waals surface area contributed by atoms with E-state index in [1.54, 1.807) is 24.7 Å². The van der Waals surface area contributed by atoms with Crippen molar-refractivity contribution in [3.63, 3.8) is 0 Å². The van der Waals surface area contributed by atoms with Crippen molar-refractivity contribution in [3.05, 3.63) is 24.0 Å². The third-order valence-electron chi connectivity index (χ3n) is 1.46. The van der Waals surface area contributed by atoms with Gasteiger partial charge < -0.3 is 9.30 Å². The van der Waals surface area contributed by atoms with E-state index in [9.17, 15) is 4.79 Å². The van der Waals surface area contributed by atoms with Crippen LogP contribution in [0.3, 0.4) is 0 Å². The number of aromatic nitrogens is 1. The molecule has 3 heteroatoms. The maximum absolute atomic E-state index is 10.9. The molecule has 0 atom stereocenters. The van der Waals surface area contributed by atoms with Gasteiger partial charge in [-0.1, -0.05) is 0 Å². The Morgan fingerprint density at radius 2 is 2.45 bits per heavy atom. The van der Waals surface area contributed by atoms with Crippen LogP contribution in [-0.2, 0) is 11.5 Å². The first-order valence-electron chi connectivity index (χ1n) is 3.40. The zero-order valence-corrected chi connectivity index (χ0v) is 6.70. The van der Waals surface area contributed by atoms with Crippen molar-refractivity contribution in [1.82, 2.24) is 4.57 Å². The van der Waals surface area contributed by atoms with E-state index in [4.69, 9.17) is 4.74 Å². The Balaban J connectivity index is 2.87. The molecule has 0 bridgehead atoms. The first-order valence-corrected chi connectivity index (χ1v) is 3.40. The van der Waals surface area contributed by atoms with Gasteiger partial charge in [0.05, 0.1) is 5.69 Å². The summed E-state index contributed by atoms with van der Waals surface area (Å²) in [5, 5.41) is 0. The molecule has 0 saturated carbocycles. The van der Waals surface area contributed by atoms with Crippen LogP contribution in [0.2, 0.25) is 0 Å². The summed E-state index contributed by atoms with van der Waals surface area (Å²) in [6.07, 6.45) is 1.82. The summed E-state index contributed by atoms with van der Waals surface area (Å²) in [5.74, 6) is 0.0621. The number of methoxy groups -OCH3 is 1. The van der Waals surface area contributed by atoms with Crippen LogP contribution in [0, 0.1) is 0 Å². The summed E-state index contributed by atoms with van der Waals surface area (Å²) in [7, 11) is 1.60. The molecule has 0 aliphatic carbocycles. The molecule has 1 rings (SSSR count). The van der Waals surface area contributed by atoms with E-state index in [0.29, 0.717) is 12.4 Å². The fraction of sp³-hybridized carbons (Fsp3) is 0.375. The predicted molar refractivity (Wildman–Crippen MR) is 41.4 cm³/mol. The van der Waals surface area contributed by atoms with E-state index in [2.05, 4.69) is 0 Å². The molecule has 0 amide bonds. The van der Waals surface area contributed by atoms with E-state index < -0.39 is 0 Å². The van der Waals surface area contributed by atoms with Crippen molar-refractivity contribution in [2.75, 3.05) is 7.11 Å². The van der Waals surface area contributed by atoms with Gasteiger partial charge in [-0.05, 0) is 12.1 Å². The molecule has 0 aromatic carbocycles. The van der Waals surface area contributed by atoms with E-state index in [-0.39, 0.29) is 5.78 Å². The van der Waals surface area contributed by atoms with Crippen LogP contribution in [0.25, 0.3) is 0 Å². The van der Waals surface area contributed by atoms with Gasteiger partial charge in [0.1, 0.15) is 6.73 Å². The standard InChI is InChI=1S/C8H11NO2/c1-7(10)8-4-3-5-9(8)6-11-2/h3-5H,6H2,1-2H3. The number of hydrogen-bond acceptors (Lipinski definition) is 2. The van der Waals surface area contributed by atoms with Gasteiger partial charge in [-0.3, -0.25) is 4.79 Å². The van der Waals surface area contributed by atoms with Crippen LogP contribution < -0.4 is 0 Å². The predicted octanol–water partition coefficient (Wildman–Crippen LogP) is 1.29. The Labute approximate surface area is 65.6 Å². The van der Waals surface area contributed by atoms with Gasteiger partial charge in [0.15, 0.2) is 5.78 Å². The largest absolute Gasteiger partial charge is 0.364 e. The first kappa shape index (κ1) is 8.01. The number of carbonyl (C=O) groups excluding carboxylic acids is 1. The maximum Gasteiger partial charge on any atom is 0.176 e. The number of Topliss-reactive ketones (excluding diaryl/α,β-unsaturated/α-hetero) is 1. The Kier molecular flexibility index (Phi) is 2.44. The van der Waals surface area contributed by atoms with Crippen molar-refractivity contribution in [2.24, 2.45) is 0 Å². The lowest BCUT2D eigenvalue weighted by atomic mass is 10.3. The zero-order chi connectivity index (χ0) is 8.27. The number of nitrogens with zero attached hydrogens (tertiary/aromatic N) is 1. The van der Waals surface area contributed by atoms with Crippen molar-refractivity contribution >= 4 is 5.78 Å². The summed E-state index contributed by atoms with van der Waals surface area (Å²) in [6.45, 7) is 1.98. The van der Waals surface area contributed by atoms with Crippen LogP contribution in [0.15, 0.2) is 18.3 Å². The van der Waals surface area contributed by atoms with Crippen LogP contribution in [0.4, 0.5) is 0 Å². The highest BCUT2D eigenvalue weighted by Gasteiger charge is 2.03. The minimum atomic E-state index is 0.0621. The lowest BCUT2D eigenvalue weighted by Gasteiger charge is -2.03. The number of hydrogen-bond donors (Lipinski definition) is 0. The molecule has 1 heterocycles. The van der Waals surface area contributed by atoms with Gasteiger partial charge in [-0.25, -0.2) is 0 Å². The van der Waals surface area contributed by atoms with Crippen molar-refractivity contribution < 1.29 is 9.53 Å². The third-order valence-corrected chi connectivity index (χ3v) is 1.46. The molecular weight excluding hydrogens is 142 g/mol. The highest BCUT2D eigenvalue weighted by molar-refractivity contribution is 5.92. The smallest absolute Gasteiger partial charge is 0.176 e. The molecule has 0 radical (unpaired) electrons. The van der Waals surface area contributed by atoms with Gasteiger partial charge in [0.25, 0.3) is 0 Å². The molecule has 0 aliphatic heterocycles. The number of ether oxygens (including phenoxy) is 1. The fourth-order valence-electron chi connectivity index (χ4n) is 0.985. The fourth-order valence-corrected chi connectivity index (χ4v) is 0.985. The number of carbonyl (C=O) groups is 1. The SMILES string of the molecule is COCn1cccc1C(C)=O. The summed E-state index contributed by atoms with van der Waals surface area (Å²) < 4.78 is 6.65. The minimum Gasteiger partial charge on any atom is -0.364 e. The maximum atomic E-state index is 10.9. The Morgan fingerprint density at radius 3 is 3.00 bits per heavy atom. The van der Waals surface area contributed by atoms with Gasteiger partial charge in [0, 0.05) is 20.2 Å². The number of rotatable bonds is 3. The summed E-state index contributed by atoms with van der Waals surface area (Å²) in [5.41, 5.74) is 0.687. The monoisotopic (exact) mass is 153 g/mol. The van der Waals surface area contributed by atoms with Crippen molar-refractivity contribution in [1.29, 1.82) is 0 Å². The minimum absolute atomic E-state index is 0.0621. The molecule has 0 spiro atoms. The van der Waals surface area contributed by atoms with Gasteiger partial charge in [0.2, 0.25) is 0 Å². The molecular formula is C8H11NO2. The molecule has 1 aromatic heterocycles. The topological polar surface area (TPSA) is 31.2 Å². The number of ketones is 1. The Morgan fingerprint density at radius 1 is 1.73 bits per heavy atom. The average molecular weight is 153 g/mol. The molecule has 3 nitrogen and oxygen atoms in total. The van der Waals surface area contributed by atoms with Crippen LogP contribution in [-0.4, -0.2) is 17.5 Å². The highest BCUT2D eigenvalue weighted by Crippen LogP contribution is 2.02. The van der Waals surface area contributed by atoms with Crippen LogP contribution >= 0.6 is 0 Å². The molecule has 11 heavy (non-hydrogen) atoms. The lowest BCUT2D eigenvalue weighted by molar-refractivity contribution is 0.0969. The molecule has 60 valence electrons. The summed E-state index contributed by atoms with van der Waals surface area (Å²) >= 11 is 0. The molecule has 1 aromatic rings. The third kappa shape index (κ3) is 1.68. The normalized spacial score (nSPS) is 10.0. The lowest BCUT2D eigenvalue weighted by Crippen LogP contribution is -2.06. The summed E-state index contributed by atoms with van der Waals surface area (Å²) in [4.78, 5) is 10.9. The van der Waals surface area contributed by atoms with Gasteiger partial charge in [-0.15, -0.1) is 0 Å². The zero-order valence-electron chi connectivity index (χ0n) is 6.70. The first-order chi connectivity index (χ1) is 5.25. The average Bonchev–Trinajstić information content (AvgIpc) is 2.36. The highest BCUT2D eigenvalue weighted by atomic mass is 16.5. The van der Waals surface area contributed by atoms with Crippen LogP contribution in [0.1, 0.15) is 17.4 Å². The second kappa shape index (κ2) is 3.34. The van der Waals surface area contributed by atoms with E-state index in [1.807, 2.05) is 12.3 Å². The van der Waals surface area contributed by atoms with Gasteiger partial charge >= 0.3 is 0 Å². The van der Waals surface area contributed by atoms with Crippen LogP contribution in [0.5, 0.6) is 0 Å². The Bertz CT molecular complexity index is 252. The van der Waals surface area contributed by atoms with E-state index in [0.717, 1.165) is 0 Å². The second-order valence-electron chi connectivity index (χ2n) is 2.34. The molecule has 0 saturated heterocycles. The van der Waals surface area contributed by atoms with E-state index >= 15 is 0 Å². The molecule has 0 aliphatic rings. The van der Waals surface area contributed by atoms with Crippen molar-refractivity contribution in [3.8, 4) is 0 Å². The van der Waals surface area contributed by atoms with Crippen molar-refractivity contribution in [2.45, 2.75) is 13.7 Å². The quantitative estimate of drug-likeness (QED) is 0.613. The van der Waals surface area contributed by atoms with Gasteiger partial charge in [-0.2, -0.15) is 0 Å². The second-order valence-corrected chi connectivity index (χ2v) is 2.34.